The van der Waals surface area contributed by atoms with Gasteiger partial charge in [-0.1, -0.05) is 37.3 Å². The van der Waals surface area contributed by atoms with Crippen molar-refractivity contribution in [1.82, 2.24) is 5.32 Å². The molecule has 0 bridgehead atoms. The molecular formula is C33H50NO8P. The molecule has 10 heteroatoms. The van der Waals surface area contributed by atoms with Crippen molar-refractivity contribution in [3.8, 4) is 5.75 Å². The summed E-state index contributed by atoms with van der Waals surface area (Å²) in [5.74, 6) is -1.23. The Morgan fingerprint density at radius 2 is 1.47 bits per heavy atom. The average Bonchev–Trinajstić information content (AvgIpc) is 2.81. The molecule has 0 aliphatic heterocycles. The Morgan fingerprint density at radius 1 is 0.907 bits per heavy atom. The number of ether oxygens (including phenoxy) is 1. The van der Waals surface area contributed by atoms with Crippen LogP contribution >= 0.6 is 7.82 Å². The van der Waals surface area contributed by atoms with Crippen molar-refractivity contribution in [1.29, 1.82) is 0 Å². The van der Waals surface area contributed by atoms with Gasteiger partial charge in [0.1, 0.15) is 11.4 Å². The summed E-state index contributed by atoms with van der Waals surface area (Å²) >= 11 is 0. The molecule has 2 rings (SSSR count). The number of phosphoric acid groups is 1. The Kier molecular flexibility index (Phi) is 12.6. The summed E-state index contributed by atoms with van der Waals surface area (Å²) in [6.45, 7) is 19.5. The van der Waals surface area contributed by atoms with Crippen molar-refractivity contribution in [3.63, 3.8) is 0 Å². The Bertz CT molecular complexity index is 1270. The number of hydrogen-bond donors (Lipinski definition) is 2. The Morgan fingerprint density at radius 3 is 1.95 bits per heavy atom. The minimum absolute atomic E-state index is 0.0708. The van der Waals surface area contributed by atoms with Crippen LogP contribution in [0.3, 0.4) is 0 Å². The predicted octanol–water partition coefficient (Wildman–Crippen LogP) is 7.45. The van der Waals surface area contributed by atoms with Crippen LogP contribution in [0.25, 0.3) is 0 Å². The molecule has 0 heterocycles. The first kappa shape index (κ1) is 36.5. The lowest BCUT2D eigenvalue weighted by Crippen LogP contribution is -2.41. The smallest absolute Gasteiger partial charge is 0.460 e. The molecule has 0 radical (unpaired) electrons. The normalized spacial score (nSPS) is 14.0. The molecule has 2 unspecified atom stereocenters. The second-order valence-electron chi connectivity index (χ2n) is 13.1. The molecular weight excluding hydrogens is 569 g/mol. The molecule has 2 aromatic carbocycles. The number of carbonyl (C=O) groups excluding carboxylic acids is 2. The van der Waals surface area contributed by atoms with Crippen molar-refractivity contribution < 1.29 is 37.6 Å². The molecule has 2 atom stereocenters. The molecule has 240 valence electrons. The van der Waals surface area contributed by atoms with Crippen LogP contribution in [-0.2, 0) is 35.1 Å². The van der Waals surface area contributed by atoms with E-state index in [-0.39, 0.29) is 23.7 Å². The van der Waals surface area contributed by atoms with Crippen LogP contribution < -0.4 is 9.84 Å². The molecule has 0 aliphatic rings. The second-order valence-corrected chi connectivity index (χ2v) is 14.6. The van der Waals surface area contributed by atoms with E-state index in [1.165, 1.54) is 6.07 Å². The Labute approximate surface area is 257 Å². The lowest BCUT2D eigenvalue weighted by atomic mass is 9.87. The van der Waals surface area contributed by atoms with Gasteiger partial charge in [0, 0.05) is 11.1 Å². The van der Waals surface area contributed by atoms with E-state index in [0.717, 1.165) is 5.56 Å². The molecule has 0 saturated carbocycles. The number of nitrogens with one attached hydrogen (secondary N) is 1. The van der Waals surface area contributed by atoms with Crippen LogP contribution in [0.4, 0.5) is 0 Å². The summed E-state index contributed by atoms with van der Waals surface area (Å²) < 4.78 is 36.9. The van der Waals surface area contributed by atoms with Crippen LogP contribution in [0, 0.1) is 0 Å². The third kappa shape index (κ3) is 11.7. The number of rotatable bonds is 14. The van der Waals surface area contributed by atoms with E-state index in [9.17, 15) is 19.3 Å². The second kappa shape index (κ2) is 14.8. The van der Waals surface area contributed by atoms with Gasteiger partial charge in [0.25, 0.3) is 5.91 Å². The zero-order valence-electron chi connectivity index (χ0n) is 27.5. The molecule has 2 aromatic rings. The third-order valence-corrected chi connectivity index (χ3v) is 8.02. The average molecular weight is 620 g/mol. The van der Waals surface area contributed by atoms with Crippen LogP contribution in [0.2, 0.25) is 0 Å². The maximum absolute atomic E-state index is 13.9. The van der Waals surface area contributed by atoms with Gasteiger partial charge in [0.2, 0.25) is 0 Å². The molecule has 2 N–H and O–H groups in total. The fraction of sp³-hybridized carbons (Fsp3) is 0.576. The molecule has 9 nitrogen and oxygen atoms in total. The van der Waals surface area contributed by atoms with Crippen molar-refractivity contribution >= 4 is 19.7 Å². The van der Waals surface area contributed by atoms with Crippen molar-refractivity contribution in [2.45, 2.75) is 124 Å². The maximum Gasteiger partial charge on any atom is 0.530 e. The summed E-state index contributed by atoms with van der Waals surface area (Å²) in [6, 6.07) is 12.7. The summed E-state index contributed by atoms with van der Waals surface area (Å²) in [7, 11) is -4.19. The van der Waals surface area contributed by atoms with Gasteiger partial charge in [-0.25, -0.2) is 4.57 Å². The van der Waals surface area contributed by atoms with Gasteiger partial charge >= 0.3 is 13.8 Å². The minimum atomic E-state index is -4.19. The van der Waals surface area contributed by atoms with E-state index < -0.39 is 49.2 Å². The number of aliphatic hydroxyl groups excluding tert-OH is 1. The first-order valence-corrected chi connectivity index (χ1v) is 16.3. The number of carbonyl (C=O) groups is 2. The van der Waals surface area contributed by atoms with Gasteiger partial charge in [0.05, 0.1) is 30.3 Å². The fourth-order valence-electron chi connectivity index (χ4n) is 4.75. The maximum atomic E-state index is 13.9. The van der Waals surface area contributed by atoms with Crippen molar-refractivity contribution in [2.24, 2.45) is 0 Å². The highest BCUT2D eigenvalue weighted by Crippen LogP contribution is 2.53. The molecule has 43 heavy (non-hydrogen) atoms. The van der Waals surface area contributed by atoms with Gasteiger partial charge in [-0.2, -0.15) is 0 Å². The summed E-state index contributed by atoms with van der Waals surface area (Å²) in [6.07, 6.45) is -1.55. The lowest BCUT2D eigenvalue weighted by molar-refractivity contribution is -0.153. The van der Waals surface area contributed by atoms with E-state index in [2.05, 4.69) is 5.32 Å². The number of esters is 1. The van der Waals surface area contributed by atoms with E-state index in [4.69, 9.17) is 18.3 Å². The highest BCUT2D eigenvalue weighted by molar-refractivity contribution is 7.49. The predicted molar refractivity (Wildman–Crippen MR) is 168 cm³/mol. The monoisotopic (exact) mass is 619 g/mol. The summed E-state index contributed by atoms with van der Waals surface area (Å²) in [5, 5.41) is 13.3. The van der Waals surface area contributed by atoms with Crippen LogP contribution in [-0.4, -0.2) is 40.9 Å². The van der Waals surface area contributed by atoms with E-state index in [1.807, 2.05) is 51.1 Å². The number of amides is 1. The van der Waals surface area contributed by atoms with Gasteiger partial charge in [-0.15, -0.1) is 0 Å². The molecule has 0 aromatic heterocycles. The van der Waals surface area contributed by atoms with Gasteiger partial charge in [0.15, 0.2) is 0 Å². The first-order valence-electron chi connectivity index (χ1n) is 14.8. The number of hydrogen-bond acceptors (Lipinski definition) is 8. The van der Waals surface area contributed by atoms with Crippen molar-refractivity contribution in [3.05, 3.63) is 64.7 Å². The summed E-state index contributed by atoms with van der Waals surface area (Å²) in [4.78, 5) is 26.9. The third-order valence-electron chi connectivity index (χ3n) is 6.24. The van der Waals surface area contributed by atoms with E-state index in [1.54, 1.807) is 61.5 Å². The van der Waals surface area contributed by atoms with Gasteiger partial charge < -0.3 is 19.7 Å². The molecule has 0 aliphatic carbocycles. The number of aliphatic hydroxyl groups is 1. The largest absolute Gasteiger partial charge is 0.530 e. The van der Waals surface area contributed by atoms with Crippen LogP contribution in [0.1, 0.15) is 116 Å². The number of benzene rings is 2. The minimum Gasteiger partial charge on any atom is -0.460 e. The standard InChI is InChI=1S/C33H50NO8P/c1-21(2)40-43(38,41-22(3)4)42-28-19-26(31(37)34-33(10,11)27-15-13-12-14-16-27)18-25(20-29(36)39-32(7,8)9)30(28)23(5)17-24(6)35/h12-16,18-19,21-24,35H,17,20H2,1-11H3,(H,34,37). The van der Waals surface area contributed by atoms with E-state index in [0.29, 0.717) is 17.5 Å². The quantitative estimate of drug-likeness (QED) is 0.165. The topological polar surface area (TPSA) is 120 Å². The molecule has 0 saturated heterocycles. The van der Waals surface area contributed by atoms with Crippen LogP contribution in [0.5, 0.6) is 5.75 Å². The van der Waals surface area contributed by atoms with Crippen LogP contribution in [0.15, 0.2) is 42.5 Å². The lowest BCUT2D eigenvalue weighted by Gasteiger charge is -2.29. The first-order chi connectivity index (χ1) is 19.7. The molecule has 0 spiro atoms. The fourth-order valence-corrected chi connectivity index (χ4v) is 6.31. The zero-order valence-corrected chi connectivity index (χ0v) is 28.4. The highest BCUT2D eigenvalue weighted by Gasteiger charge is 2.35. The zero-order chi connectivity index (χ0) is 32.8. The van der Waals surface area contributed by atoms with Crippen molar-refractivity contribution in [2.75, 3.05) is 0 Å². The molecule has 0 fully saturated rings. The van der Waals surface area contributed by atoms with Gasteiger partial charge in [-0.05, 0) is 105 Å². The SMILES string of the molecule is CC(O)CC(C)c1c(CC(=O)OC(C)(C)C)cc(C(=O)NC(C)(C)c2ccccc2)cc1OP(=O)(OC(C)C)OC(C)C. The van der Waals surface area contributed by atoms with Gasteiger partial charge in [-0.3, -0.25) is 18.6 Å². The Hall–Kier alpha value is -2.71. The molecule has 1 amide bonds. The Balaban J connectivity index is 2.76. The highest BCUT2D eigenvalue weighted by atomic mass is 31.2. The number of phosphoric ester groups is 1. The van der Waals surface area contributed by atoms with E-state index >= 15 is 0 Å². The summed E-state index contributed by atoms with van der Waals surface area (Å²) in [5.41, 5.74) is 0.568.